The van der Waals surface area contributed by atoms with Gasteiger partial charge in [-0.2, -0.15) is 0 Å². The van der Waals surface area contributed by atoms with E-state index in [9.17, 15) is 24.3 Å². The minimum atomic E-state index is -0.937. The number of hydrogen-bond donors (Lipinski definition) is 4. The van der Waals surface area contributed by atoms with Crippen LogP contribution in [0.25, 0.3) is 10.4 Å². The summed E-state index contributed by atoms with van der Waals surface area (Å²) in [5.74, 6) is -2.11. The van der Waals surface area contributed by atoms with Gasteiger partial charge in [-0.25, -0.2) is 4.98 Å². The zero-order chi connectivity index (χ0) is 31.3. The molecule has 2 heterocycles. The summed E-state index contributed by atoms with van der Waals surface area (Å²) in [6, 6.07) is 12.7. The Morgan fingerprint density at radius 1 is 1.00 bits per heavy atom. The molecule has 4 rings (SSSR count). The monoisotopic (exact) mass is 606 g/mol. The number of hydrogen-bond acceptors (Lipinski definition) is 7. The number of nitrogens with zero attached hydrogens (tertiary/aromatic N) is 2. The number of likely N-dealkylation sites (tertiary alicyclic amines) is 1. The SMILES string of the molecule is Cc1ncsc1-c1ccc(CNC(=O)[C@@H]2C[C@@H](O)CN2C(=O)[C@@H](NC(=O)Cc2ccc(CC(=O)O)cc2)C(C)(C)C)cc1. The van der Waals surface area contributed by atoms with Crippen LogP contribution in [0.3, 0.4) is 0 Å². The predicted molar refractivity (Wildman–Crippen MR) is 163 cm³/mol. The van der Waals surface area contributed by atoms with Crippen molar-refractivity contribution in [2.45, 2.75) is 71.7 Å². The first-order valence-electron chi connectivity index (χ1n) is 14.2. The normalized spacial score (nSPS) is 17.4. The molecule has 4 N–H and O–H groups in total. The highest BCUT2D eigenvalue weighted by molar-refractivity contribution is 7.13. The molecule has 0 bridgehead atoms. The minimum Gasteiger partial charge on any atom is -0.481 e. The van der Waals surface area contributed by atoms with E-state index in [1.165, 1.54) is 4.90 Å². The van der Waals surface area contributed by atoms with Gasteiger partial charge < -0.3 is 25.7 Å². The number of β-amino-alcohol motifs (C(OH)–C–C–N with tert-alkyl or cyclic N) is 1. The summed E-state index contributed by atoms with van der Waals surface area (Å²) in [6.45, 7) is 7.71. The average molecular weight is 607 g/mol. The van der Waals surface area contributed by atoms with Gasteiger partial charge >= 0.3 is 5.97 Å². The Labute approximate surface area is 255 Å². The lowest BCUT2D eigenvalue weighted by Crippen LogP contribution is -2.58. The molecular formula is C32H38N4O6S. The third-order valence-electron chi connectivity index (χ3n) is 7.45. The van der Waals surface area contributed by atoms with Gasteiger partial charge in [0.25, 0.3) is 0 Å². The van der Waals surface area contributed by atoms with E-state index in [-0.39, 0.29) is 44.2 Å². The molecule has 3 atom stereocenters. The molecule has 2 aromatic carbocycles. The van der Waals surface area contributed by atoms with Gasteiger partial charge in [0.2, 0.25) is 17.7 Å². The van der Waals surface area contributed by atoms with E-state index in [0.717, 1.165) is 21.7 Å². The number of carbonyl (C=O) groups is 4. The van der Waals surface area contributed by atoms with Gasteiger partial charge in [0, 0.05) is 19.5 Å². The van der Waals surface area contributed by atoms with Crippen molar-refractivity contribution >= 4 is 35.0 Å². The summed E-state index contributed by atoms with van der Waals surface area (Å²) in [6.07, 6.45) is -0.860. The molecule has 1 aliphatic rings. The van der Waals surface area contributed by atoms with Crippen LogP contribution in [0.5, 0.6) is 0 Å². The molecule has 228 valence electrons. The molecule has 0 aliphatic carbocycles. The Bertz CT molecular complexity index is 1460. The van der Waals surface area contributed by atoms with Gasteiger partial charge in [-0.1, -0.05) is 69.3 Å². The van der Waals surface area contributed by atoms with Crippen LogP contribution in [-0.2, 0) is 38.6 Å². The molecule has 1 aliphatic heterocycles. The topological polar surface area (TPSA) is 149 Å². The molecule has 10 nitrogen and oxygen atoms in total. The first kappa shape index (κ1) is 31.8. The van der Waals surface area contributed by atoms with Gasteiger partial charge in [-0.15, -0.1) is 11.3 Å². The molecule has 0 unspecified atom stereocenters. The maximum Gasteiger partial charge on any atom is 0.307 e. The van der Waals surface area contributed by atoms with E-state index in [0.29, 0.717) is 11.1 Å². The van der Waals surface area contributed by atoms with Crippen molar-refractivity contribution in [1.82, 2.24) is 20.5 Å². The minimum absolute atomic E-state index is 0.00110. The van der Waals surface area contributed by atoms with Crippen molar-refractivity contribution in [2.75, 3.05) is 6.54 Å². The van der Waals surface area contributed by atoms with E-state index < -0.39 is 35.5 Å². The number of thiazole rings is 1. The van der Waals surface area contributed by atoms with Crippen molar-refractivity contribution in [1.29, 1.82) is 0 Å². The average Bonchev–Trinajstić information content (AvgIpc) is 3.56. The maximum atomic E-state index is 13.8. The highest BCUT2D eigenvalue weighted by atomic mass is 32.1. The molecular weight excluding hydrogens is 568 g/mol. The second-order valence-corrected chi connectivity index (χ2v) is 12.9. The second-order valence-electron chi connectivity index (χ2n) is 12.0. The third kappa shape index (κ3) is 8.26. The highest BCUT2D eigenvalue weighted by Gasteiger charge is 2.44. The summed E-state index contributed by atoms with van der Waals surface area (Å²) >= 11 is 1.57. The Balaban J connectivity index is 1.39. The van der Waals surface area contributed by atoms with Crippen molar-refractivity contribution in [3.05, 3.63) is 76.4 Å². The number of aliphatic carboxylic acids is 1. The first-order chi connectivity index (χ1) is 20.3. The quantitative estimate of drug-likeness (QED) is 0.277. The molecule has 0 radical (unpaired) electrons. The van der Waals surface area contributed by atoms with Crippen LogP contribution >= 0.6 is 11.3 Å². The molecule has 0 spiro atoms. The number of nitrogens with one attached hydrogen (secondary N) is 2. The molecule has 11 heteroatoms. The molecule has 3 amide bonds. The second kappa shape index (κ2) is 13.5. The zero-order valence-electron chi connectivity index (χ0n) is 24.8. The number of carbonyl (C=O) groups excluding carboxylic acids is 3. The predicted octanol–water partition coefficient (Wildman–Crippen LogP) is 3.10. The molecule has 1 fully saturated rings. The van der Waals surface area contributed by atoms with E-state index >= 15 is 0 Å². The number of aliphatic hydroxyl groups excluding tert-OH is 1. The van der Waals surface area contributed by atoms with Crippen LogP contribution < -0.4 is 10.6 Å². The van der Waals surface area contributed by atoms with Crippen LogP contribution in [0, 0.1) is 12.3 Å². The highest BCUT2D eigenvalue weighted by Crippen LogP contribution is 2.28. The number of amides is 3. The van der Waals surface area contributed by atoms with Crippen LogP contribution in [0.1, 0.15) is 49.6 Å². The van der Waals surface area contributed by atoms with Crippen molar-refractivity contribution in [2.24, 2.45) is 5.41 Å². The Morgan fingerprint density at radius 2 is 1.60 bits per heavy atom. The molecule has 0 saturated carbocycles. The number of aliphatic hydroxyl groups is 1. The van der Waals surface area contributed by atoms with Crippen LogP contribution in [0.2, 0.25) is 0 Å². The smallest absolute Gasteiger partial charge is 0.307 e. The summed E-state index contributed by atoms with van der Waals surface area (Å²) in [4.78, 5) is 57.7. The fourth-order valence-corrected chi connectivity index (χ4v) is 5.94. The zero-order valence-corrected chi connectivity index (χ0v) is 25.6. The van der Waals surface area contributed by atoms with Gasteiger partial charge in [-0.3, -0.25) is 19.2 Å². The Kier molecular flexibility index (Phi) is 9.98. The number of rotatable bonds is 10. The van der Waals surface area contributed by atoms with Crippen LogP contribution in [0.15, 0.2) is 54.0 Å². The number of aromatic nitrogens is 1. The van der Waals surface area contributed by atoms with Gasteiger partial charge in [0.1, 0.15) is 12.1 Å². The van der Waals surface area contributed by atoms with Crippen molar-refractivity contribution < 1.29 is 29.4 Å². The number of carboxylic acid groups (broad SMARTS) is 1. The Hall–Kier alpha value is -4.09. The van der Waals surface area contributed by atoms with Crippen LogP contribution in [-0.4, -0.2) is 68.5 Å². The molecule has 3 aromatic rings. The summed E-state index contributed by atoms with van der Waals surface area (Å²) in [5, 5.41) is 25.1. The van der Waals surface area contributed by atoms with E-state index in [4.69, 9.17) is 5.11 Å². The van der Waals surface area contributed by atoms with E-state index in [1.54, 1.807) is 35.6 Å². The lowest BCUT2D eigenvalue weighted by Gasteiger charge is -2.35. The van der Waals surface area contributed by atoms with Crippen molar-refractivity contribution in [3.8, 4) is 10.4 Å². The molecule has 43 heavy (non-hydrogen) atoms. The number of benzene rings is 2. The molecule has 1 saturated heterocycles. The van der Waals surface area contributed by atoms with Gasteiger partial charge in [0.05, 0.1) is 35.0 Å². The van der Waals surface area contributed by atoms with Crippen molar-refractivity contribution in [3.63, 3.8) is 0 Å². The summed E-state index contributed by atoms with van der Waals surface area (Å²) in [7, 11) is 0. The van der Waals surface area contributed by atoms with E-state index in [1.807, 2.05) is 57.5 Å². The fourth-order valence-electron chi connectivity index (χ4n) is 5.13. The van der Waals surface area contributed by atoms with Gasteiger partial charge in [0.15, 0.2) is 0 Å². The third-order valence-corrected chi connectivity index (χ3v) is 8.43. The lowest BCUT2D eigenvalue weighted by molar-refractivity contribution is -0.144. The number of carboxylic acids is 1. The standard InChI is InChI=1S/C32H38N4O6S/c1-19-28(43-18-34-19)23-11-9-22(10-12-23)16-33-30(41)25-15-24(37)17-36(25)31(42)29(32(2,3)4)35-26(38)13-20-5-7-21(8-6-20)14-27(39)40/h5-12,18,24-25,29,37H,13-17H2,1-4H3,(H,33,41)(H,35,38)(H,39,40)/t24-,25+,29-/m1/s1. The number of aryl methyl sites for hydroxylation is 1. The van der Waals surface area contributed by atoms with Crippen LogP contribution in [0.4, 0.5) is 0 Å². The summed E-state index contributed by atoms with van der Waals surface area (Å²) < 4.78 is 0. The molecule has 1 aromatic heterocycles. The lowest BCUT2D eigenvalue weighted by atomic mass is 9.85. The fraction of sp³-hybridized carbons (Fsp3) is 0.406. The summed E-state index contributed by atoms with van der Waals surface area (Å²) in [5.41, 5.74) is 5.34. The largest absolute Gasteiger partial charge is 0.481 e. The Morgan fingerprint density at radius 3 is 2.16 bits per heavy atom. The van der Waals surface area contributed by atoms with Gasteiger partial charge in [-0.05, 0) is 34.6 Å². The van der Waals surface area contributed by atoms with E-state index in [2.05, 4.69) is 15.6 Å². The first-order valence-corrected chi connectivity index (χ1v) is 15.0. The maximum absolute atomic E-state index is 13.8.